The van der Waals surface area contributed by atoms with Gasteiger partial charge in [-0.3, -0.25) is 9.59 Å². The average molecular weight is 473 g/mol. The number of thioether (sulfide) groups is 1. The van der Waals surface area contributed by atoms with Crippen LogP contribution in [0.5, 0.6) is 0 Å². The van der Waals surface area contributed by atoms with Crippen LogP contribution in [0.15, 0.2) is 0 Å². The molecule has 1 N–H and O–H groups in total. The maximum atomic E-state index is 12.2. The van der Waals surface area contributed by atoms with Gasteiger partial charge in [-0.05, 0) is 82.8 Å². The van der Waals surface area contributed by atoms with Gasteiger partial charge in [-0.1, -0.05) is 32.5 Å². The first-order valence-corrected chi connectivity index (χ1v) is 13.4. The average Bonchev–Trinajstić information content (AvgIpc) is 3.28. The summed E-state index contributed by atoms with van der Waals surface area (Å²) in [7, 11) is -1.94. The Morgan fingerprint density at radius 3 is 1.97 bits per heavy atom. The molecular formula is C22H31FeNO3SSi+2. The Balaban J connectivity index is 0.000000610. The van der Waals surface area contributed by atoms with Crippen molar-refractivity contribution in [2.45, 2.75) is 57.3 Å². The minimum atomic E-state index is -1.94. The van der Waals surface area contributed by atoms with Gasteiger partial charge in [0.1, 0.15) is 0 Å². The van der Waals surface area contributed by atoms with E-state index in [2.05, 4.69) is 39.2 Å². The first kappa shape index (κ1) is 27.2. The van der Waals surface area contributed by atoms with E-state index in [0.717, 1.165) is 0 Å². The SMILES string of the molecule is C[C@@H](O[Si](C)(C)C(C)(C)C)[C@H]1C(=O)N[C@@H]1SC(=O)[C]1[CH][CH][CH][CH]1.[CH]1[CH][CH][CH][CH]1.[Fe+2]. The van der Waals surface area contributed by atoms with Crippen molar-refractivity contribution < 1.29 is 31.1 Å². The van der Waals surface area contributed by atoms with Crippen molar-refractivity contribution in [1.29, 1.82) is 0 Å². The van der Waals surface area contributed by atoms with Crippen molar-refractivity contribution in [1.82, 2.24) is 5.32 Å². The Hall–Kier alpha value is 0.186. The summed E-state index contributed by atoms with van der Waals surface area (Å²) in [6, 6.07) is 0. The van der Waals surface area contributed by atoms with Crippen molar-refractivity contribution in [3.8, 4) is 0 Å². The van der Waals surface area contributed by atoms with E-state index in [1.54, 1.807) is 12.8 Å². The summed E-state index contributed by atoms with van der Waals surface area (Å²) in [5.41, 5.74) is 0. The molecule has 3 fully saturated rings. The fourth-order valence-electron chi connectivity index (χ4n) is 2.66. The van der Waals surface area contributed by atoms with Gasteiger partial charge in [0.05, 0.1) is 23.3 Å². The smallest absolute Gasteiger partial charge is 0.413 e. The van der Waals surface area contributed by atoms with E-state index in [9.17, 15) is 9.59 Å². The van der Waals surface area contributed by atoms with Crippen molar-refractivity contribution in [3.63, 3.8) is 0 Å². The third kappa shape index (κ3) is 7.67. The van der Waals surface area contributed by atoms with Crippen molar-refractivity contribution in [2.75, 3.05) is 0 Å². The van der Waals surface area contributed by atoms with E-state index in [-0.39, 0.29) is 50.5 Å². The molecule has 1 amide bonds. The summed E-state index contributed by atoms with van der Waals surface area (Å²) in [6.45, 7) is 12.8. The van der Waals surface area contributed by atoms with Gasteiger partial charge in [0.25, 0.3) is 0 Å². The second-order valence-corrected chi connectivity index (χ2v) is 14.5. The van der Waals surface area contributed by atoms with Gasteiger partial charge in [0.2, 0.25) is 5.91 Å². The normalized spacial score (nSPS) is 25.9. The van der Waals surface area contributed by atoms with E-state index in [0.29, 0.717) is 5.92 Å². The topological polar surface area (TPSA) is 55.4 Å². The molecule has 0 unspecified atom stereocenters. The van der Waals surface area contributed by atoms with Crippen LogP contribution in [0.3, 0.4) is 0 Å². The second kappa shape index (κ2) is 11.7. The van der Waals surface area contributed by atoms with Gasteiger partial charge >= 0.3 is 17.1 Å². The van der Waals surface area contributed by atoms with Crippen LogP contribution in [0.4, 0.5) is 0 Å². The van der Waals surface area contributed by atoms with Gasteiger partial charge in [0.15, 0.2) is 13.4 Å². The third-order valence-corrected chi connectivity index (χ3v) is 11.1. The van der Waals surface area contributed by atoms with Crippen LogP contribution in [0.2, 0.25) is 18.1 Å². The predicted octanol–water partition coefficient (Wildman–Crippen LogP) is 4.15. The van der Waals surface area contributed by atoms with Crippen molar-refractivity contribution >= 4 is 31.1 Å². The molecule has 2 saturated carbocycles. The molecule has 7 heteroatoms. The first-order valence-electron chi connectivity index (χ1n) is 9.60. The Kier molecular flexibility index (Phi) is 11.0. The molecule has 3 atom stereocenters. The molecule has 1 saturated heterocycles. The van der Waals surface area contributed by atoms with Crippen LogP contribution in [-0.4, -0.2) is 30.8 Å². The van der Waals surface area contributed by atoms with Gasteiger partial charge in [-0.25, -0.2) is 0 Å². The minimum absolute atomic E-state index is 0. The van der Waals surface area contributed by atoms with Gasteiger partial charge < -0.3 is 9.74 Å². The number of nitrogens with one attached hydrogen (secondary N) is 1. The molecule has 2 aliphatic carbocycles. The zero-order chi connectivity index (χ0) is 20.9. The largest absolute Gasteiger partial charge is 2.00 e. The molecule has 4 nitrogen and oxygen atoms in total. The zero-order valence-electron chi connectivity index (χ0n) is 17.9. The molecule has 0 aromatic carbocycles. The molecule has 158 valence electrons. The van der Waals surface area contributed by atoms with Crippen LogP contribution in [0.1, 0.15) is 27.7 Å². The number of rotatable bonds is 5. The van der Waals surface area contributed by atoms with E-state index in [4.69, 9.17) is 4.43 Å². The summed E-state index contributed by atoms with van der Waals surface area (Å²) in [6.07, 6.45) is 17.1. The summed E-state index contributed by atoms with van der Waals surface area (Å²) >= 11 is 1.18. The molecule has 10 radical (unpaired) electrons. The number of carbonyl (C=O) groups excluding carboxylic acids is 2. The number of carbonyl (C=O) groups is 2. The van der Waals surface area contributed by atoms with E-state index < -0.39 is 8.32 Å². The van der Waals surface area contributed by atoms with E-state index in [1.165, 1.54) is 11.8 Å². The molecule has 29 heavy (non-hydrogen) atoms. The Morgan fingerprint density at radius 1 is 1.07 bits per heavy atom. The minimum Gasteiger partial charge on any atom is -0.413 e. The summed E-state index contributed by atoms with van der Waals surface area (Å²) in [5, 5.41) is 2.71. The number of β-lactam (4-membered cyclic amide) rings is 1. The number of amides is 1. The summed E-state index contributed by atoms with van der Waals surface area (Å²) < 4.78 is 6.33. The van der Waals surface area contributed by atoms with Crippen LogP contribution in [-0.2, 0) is 31.1 Å². The van der Waals surface area contributed by atoms with Crippen LogP contribution in [0.25, 0.3) is 0 Å². The maximum absolute atomic E-state index is 12.2. The quantitative estimate of drug-likeness (QED) is 0.482. The van der Waals surface area contributed by atoms with E-state index in [1.807, 2.05) is 51.9 Å². The molecule has 3 aliphatic rings. The summed E-state index contributed by atoms with van der Waals surface area (Å²) in [4.78, 5) is 24.2. The van der Waals surface area contributed by atoms with Crippen molar-refractivity contribution in [3.05, 3.63) is 63.7 Å². The fraction of sp³-hybridized carbons (Fsp3) is 0.455. The Labute approximate surface area is 194 Å². The molecule has 0 aromatic rings. The van der Waals surface area contributed by atoms with Crippen LogP contribution < -0.4 is 5.32 Å². The molecule has 0 bridgehead atoms. The molecule has 1 aliphatic heterocycles. The van der Waals surface area contributed by atoms with Gasteiger partial charge in [0, 0.05) is 0 Å². The summed E-state index contributed by atoms with van der Waals surface area (Å²) in [5.74, 6) is 0.380. The molecular weight excluding hydrogens is 442 g/mol. The Bertz CT molecular complexity index is 535. The third-order valence-electron chi connectivity index (χ3n) is 5.39. The molecule has 3 rings (SSSR count). The zero-order valence-corrected chi connectivity index (χ0v) is 20.8. The standard InChI is InChI=1S/C17H26NO3SSi.C5H5.Fe/c1-11(21-23(5,6)17(2,3)4)13-14(19)18-15(13)22-16(20)12-9-7-8-10-12;1-2-4-5-3-1;/h7-11,13,15H,1-6H3,(H,18,19);1-5H;/q;;+2/t11-,13+,15-;;/m1../s1. The van der Waals surface area contributed by atoms with Crippen molar-refractivity contribution in [2.24, 2.45) is 5.92 Å². The van der Waals surface area contributed by atoms with Crippen LogP contribution in [0, 0.1) is 69.6 Å². The molecule has 1 heterocycles. The fourth-order valence-corrected chi connectivity index (χ4v) is 5.26. The number of hydrogen-bond donors (Lipinski definition) is 1. The maximum Gasteiger partial charge on any atom is 2.00 e. The monoisotopic (exact) mass is 473 g/mol. The van der Waals surface area contributed by atoms with Gasteiger partial charge in [-0.15, -0.1) is 0 Å². The van der Waals surface area contributed by atoms with Gasteiger partial charge in [-0.2, -0.15) is 0 Å². The Morgan fingerprint density at radius 2 is 1.55 bits per heavy atom. The number of hydrogen-bond acceptors (Lipinski definition) is 4. The second-order valence-electron chi connectivity index (χ2n) is 8.58. The molecule has 0 aromatic heterocycles. The van der Waals surface area contributed by atoms with E-state index >= 15 is 0 Å². The van der Waals surface area contributed by atoms with Crippen LogP contribution >= 0.6 is 11.8 Å². The molecule has 0 spiro atoms. The first-order chi connectivity index (χ1) is 13.0. The predicted molar refractivity (Wildman–Crippen MR) is 118 cm³/mol.